The number of likely N-dealkylation sites (N-methyl/N-ethyl adjacent to an activating group) is 1. The maximum absolute atomic E-state index is 12.1. The Labute approximate surface area is 108 Å². The van der Waals surface area contributed by atoms with Gasteiger partial charge in [-0.15, -0.1) is 12.4 Å². The highest BCUT2D eigenvalue weighted by atomic mass is 35.5. The van der Waals surface area contributed by atoms with E-state index in [-0.39, 0.29) is 18.3 Å². The number of furan rings is 1. The summed E-state index contributed by atoms with van der Waals surface area (Å²) in [6.45, 7) is 3.50. The molecule has 0 saturated carbocycles. The molecule has 1 unspecified atom stereocenters. The van der Waals surface area contributed by atoms with Gasteiger partial charge in [-0.1, -0.05) is 0 Å². The Morgan fingerprint density at radius 1 is 1.59 bits per heavy atom. The zero-order valence-electron chi connectivity index (χ0n) is 10.2. The Hall–Kier alpha value is -1.00. The molecule has 0 aromatic carbocycles. The summed E-state index contributed by atoms with van der Waals surface area (Å²) in [5.74, 6) is 0.499. The molecule has 0 radical (unpaired) electrons. The number of halogens is 1. The van der Waals surface area contributed by atoms with Gasteiger partial charge in [0.25, 0.3) is 5.91 Å². The Balaban J connectivity index is 0.00000144. The van der Waals surface area contributed by atoms with E-state index in [1.807, 2.05) is 24.9 Å². The summed E-state index contributed by atoms with van der Waals surface area (Å²) >= 11 is 0. The summed E-state index contributed by atoms with van der Waals surface area (Å²) in [7, 11) is 1.94. The van der Waals surface area contributed by atoms with Crippen molar-refractivity contribution in [3.8, 4) is 0 Å². The van der Waals surface area contributed by atoms with Crippen LogP contribution in [-0.2, 0) is 0 Å². The van der Waals surface area contributed by atoms with Crippen LogP contribution in [0.25, 0.3) is 0 Å². The van der Waals surface area contributed by atoms with Crippen molar-refractivity contribution in [1.29, 1.82) is 0 Å². The molecule has 1 aliphatic heterocycles. The van der Waals surface area contributed by atoms with Crippen LogP contribution < -0.4 is 5.32 Å². The second-order valence-electron chi connectivity index (χ2n) is 4.31. The van der Waals surface area contributed by atoms with Gasteiger partial charge in [0.1, 0.15) is 0 Å². The molecule has 17 heavy (non-hydrogen) atoms. The molecule has 2 heterocycles. The van der Waals surface area contributed by atoms with E-state index in [1.165, 1.54) is 0 Å². The van der Waals surface area contributed by atoms with Gasteiger partial charge in [0.2, 0.25) is 0 Å². The summed E-state index contributed by atoms with van der Waals surface area (Å²) in [6.07, 6.45) is 3.76. The number of likely N-dealkylation sites (tertiary alicyclic amines) is 1. The first-order chi connectivity index (χ1) is 7.72. The van der Waals surface area contributed by atoms with E-state index >= 15 is 0 Å². The number of hydrogen-bond acceptors (Lipinski definition) is 3. The van der Waals surface area contributed by atoms with Gasteiger partial charge < -0.3 is 14.6 Å². The van der Waals surface area contributed by atoms with Crippen molar-refractivity contribution in [2.24, 2.45) is 0 Å². The lowest BCUT2D eigenvalue weighted by Crippen LogP contribution is -2.47. The van der Waals surface area contributed by atoms with Gasteiger partial charge in [-0.05, 0) is 32.9 Å². The lowest BCUT2D eigenvalue weighted by Gasteiger charge is -2.32. The standard InChI is InChI=1S/C12H18N2O2.ClH/c1-9-5-7-16-11(9)12(15)14-6-3-4-10(8-14)13-2;/h5,7,10,13H,3-4,6,8H2,1-2H3;1H. The predicted molar refractivity (Wildman–Crippen MR) is 68.7 cm³/mol. The Morgan fingerprint density at radius 2 is 2.35 bits per heavy atom. The second kappa shape index (κ2) is 6.07. The number of hydrogen-bond donors (Lipinski definition) is 1. The lowest BCUT2D eigenvalue weighted by atomic mass is 10.1. The molecule has 0 bridgehead atoms. The first-order valence-corrected chi connectivity index (χ1v) is 5.73. The Kier molecular flexibility index (Phi) is 5.02. The number of carbonyl (C=O) groups excluding carboxylic acids is 1. The molecule has 1 aromatic heterocycles. The molecule has 1 N–H and O–H groups in total. The predicted octanol–water partition coefficient (Wildman–Crippen LogP) is 1.83. The van der Waals surface area contributed by atoms with Crippen LogP contribution in [0, 0.1) is 6.92 Å². The molecule has 1 atom stereocenters. The van der Waals surface area contributed by atoms with Crippen molar-refractivity contribution >= 4 is 18.3 Å². The van der Waals surface area contributed by atoms with E-state index in [0.717, 1.165) is 31.5 Å². The summed E-state index contributed by atoms with van der Waals surface area (Å²) in [6, 6.07) is 2.24. The molecule has 4 nitrogen and oxygen atoms in total. The van der Waals surface area contributed by atoms with E-state index in [4.69, 9.17) is 4.42 Å². The Bertz CT molecular complexity index is 378. The van der Waals surface area contributed by atoms with Crippen molar-refractivity contribution in [3.63, 3.8) is 0 Å². The van der Waals surface area contributed by atoms with Crippen molar-refractivity contribution in [2.75, 3.05) is 20.1 Å². The van der Waals surface area contributed by atoms with E-state index in [9.17, 15) is 4.79 Å². The maximum atomic E-state index is 12.1. The van der Waals surface area contributed by atoms with Crippen molar-refractivity contribution in [1.82, 2.24) is 10.2 Å². The van der Waals surface area contributed by atoms with E-state index in [0.29, 0.717) is 11.8 Å². The normalized spacial score (nSPS) is 19.9. The minimum absolute atomic E-state index is 0. The first-order valence-electron chi connectivity index (χ1n) is 5.73. The number of carbonyl (C=O) groups is 1. The number of rotatable bonds is 2. The van der Waals surface area contributed by atoms with Crippen LogP contribution in [0.3, 0.4) is 0 Å². The molecule has 5 heteroatoms. The zero-order valence-corrected chi connectivity index (χ0v) is 11.0. The maximum Gasteiger partial charge on any atom is 0.289 e. The van der Waals surface area contributed by atoms with Crippen molar-refractivity contribution < 1.29 is 9.21 Å². The number of nitrogens with zero attached hydrogens (tertiary/aromatic N) is 1. The molecule has 96 valence electrons. The number of amides is 1. The van der Waals surface area contributed by atoms with Crippen molar-refractivity contribution in [3.05, 3.63) is 23.7 Å². The SMILES string of the molecule is CNC1CCCN(C(=O)c2occc2C)C1.Cl. The quantitative estimate of drug-likeness (QED) is 0.880. The van der Waals surface area contributed by atoms with Gasteiger partial charge in [-0.25, -0.2) is 0 Å². The molecule has 1 amide bonds. The van der Waals surface area contributed by atoms with Gasteiger partial charge in [0, 0.05) is 24.7 Å². The summed E-state index contributed by atoms with van der Waals surface area (Å²) < 4.78 is 5.24. The fourth-order valence-electron chi connectivity index (χ4n) is 2.13. The average molecular weight is 259 g/mol. The minimum atomic E-state index is 0. The summed E-state index contributed by atoms with van der Waals surface area (Å²) in [5.41, 5.74) is 0.914. The summed E-state index contributed by atoms with van der Waals surface area (Å²) in [5, 5.41) is 3.22. The Morgan fingerprint density at radius 3 is 2.94 bits per heavy atom. The van der Waals surface area contributed by atoms with E-state index in [1.54, 1.807) is 6.26 Å². The summed E-state index contributed by atoms with van der Waals surface area (Å²) in [4.78, 5) is 14.0. The molecule has 1 aromatic rings. The van der Waals surface area contributed by atoms with Gasteiger partial charge in [-0.2, -0.15) is 0 Å². The van der Waals surface area contributed by atoms with E-state index in [2.05, 4.69) is 5.32 Å². The smallest absolute Gasteiger partial charge is 0.289 e. The highest BCUT2D eigenvalue weighted by molar-refractivity contribution is 5.92. The van der Waals surface area contributed by atoms with Crippen molar-refractivity contribution in [2.45, 2.75) is 25.8 Å². The zero-order chi connectivity index (χ0) is 11.5. The first kappa shape index (κ1) is 14.1. The molecule has 1 aliphatic rings. The fourth-order valence-corrected chi connectivity index (χ4v) is 2.13. The highest BCUT2D eigenvalue weighted by Crippen LogP contribution is 2.16. The molecule has 0 aliphatic carbocycles. The van der Waals surface area contributed by atoms with Crippen LogP contribution in [-0.4, -0.2) is 37.0 Å². The lowest BCUT2D eigenvalue weighted by molar-refractivity contribution is 0.0665. The van der Waals surface area contributed by atoms with Crippen LogP contribution in [0.4, 0.5) is 0 Å². The largest absolute Gasteiger partial charge is 0.459 e. The number of aryl methyl sites for hydroxylation is 1. The molecular weight excluding hydrogens is 240 g/mol. The van der Waals surface area contributed by atoms with Crippen LogP contribution >= 0.6 is 12.4 Å². The minimum Gasteiger partial charge on any atom is -0.459 e. The molecular formula is C12H19ClN2O2. The third-order valence-electron chi connectivity index (χ3n) is 3.17. The monoisotopic (exact) mass is 258 g/mol. The molecule has 1 saturated heterocycles. The molecule has 1 fully saturated rings. The van der Waals surface area contributed by atoms with Gasteiger partial charge in [0.05, 0.1) is 6.26 Å². The topological polar surface area (TPSA) is 45.5 Å². The molecule has 0 spiro atoms. The van der Waals surface area contributed by atoms with Crippen LogP contribution in [0.15, 0.2) is 16.7 Å². The third kappa shape index (κ3) is 3.01. The van der Waals surface area contributed by atoms with Crippen LogP contribution in [0.5, 0.6) is 0 Å². The van der Waals surface area contributed by atoms with Crippen LogP contribution in [0.2, 0.25) is 0 Å². The van der Waals surface area contributed by atoms with E-state index < -0.39 is 0 Å². The molecule has 2 rings (SSSR count). The second-order valence-corrected chi connectivity index (χ2v) is 4.31. The number of piperidine rings is 1. The van der Waals surface area contributed by atoms with Crippen LogP contribution in [0.1, 0.15) is 29.0 Å². The fraction of sp³-hybridized carbons (Fsp3) is 0.583. The highest BCUT2D eigenvalue weighted by Gasteiger charge is 2.25. The number of nitrogens with one attached hydrogen (secondary N) is 1. The van der Waals surface area contributed by atoms with Gasteiger partial charge in [0.15, 0.2) is 5.76 Å². The third-order valence-corrected chi connectivity index (χ3v) is 3.17. The van der Waals surface area contributed by atoms with Gasteiger partial charge >= 0.3 is 0 Å². The van der Waals surface area contributed by atoms with Gasteiger partial charge in [-0.3, -0.25) is 4.79 Å². The average Bonchev–Trinajstić information content (AvgIpc) is 2.74.